The lowest BCUT2D eigenvalue weighted by Gasteiger charge is -2.05. The molecule has 0 saturated heterocycles. The highest BCUT2D eigenvalue weighted by Gasteiger charge is 2.21. The molecule has 7 heteroatoms. The van der Waals surface area contributed by atoms with Crippen molar-refractivity contribution in [3.63, 3.8) is 0 Å². The fraction of sp³-hybridized carbons (Fsp3) is 0.200. The molecule has 0 amide bonds. The molecule has 4 N–H and O–H groups in total. The van der Waals surface area contributed by atoms with Gasteiger partial charge in [0.05, 0.1) is 11.3 Å². The number of rotatable bonds is 3. The maximum atomic E-state index is 12.8. The van der Waals surface area contributed by atoms with Gasteiger partial charge < -0.3 is 11.5 Å². The topological polar surface area (TPSA) is 112 Å². The summed E-state index contributed by atoms with van der Waals surface area (Å²) in [6, 6.07) is 3.39. The van der Waals surface area contributed by atoms with E-state index in [1.807, 2.05) is 13.8 Å². The number of pyridine rings is 1. The Bertz CT molecular complexity index is 868. The van der Waals surface area contributed by atoms with Crippen LogP contribution in [0.2, 0.25) is 0 Å². The van der Waals surface area contributed by atoms with Crippen molar-refractivity contribution in [1.82, 2.24) is 19.6 Å². The molecule has 0 aliphatic carbocycles. The fourth-order valence-electron chi connectivity index (χ4n) is 2.41. The summed E-state index contributed by atoms with van der Waals surface area (Å²) in [5.74, 6) is 0.245. The SMILES string of the molecule is CC(C)c1cc(C(=O)c2cncc(N)c2)c2c(N)ncnn12. The van der Waals surface area contributed by atoms with Crippen molar-refractivity contribution in [2.45, 2.75) is 19.8 Å². The number of hydrogen-bond acceptors (Lipinski definition) is 6. The van der Waals surface area contributed by atoms with Crippen LogP contribution in [0.15, 0.2) is 30.9 Å². The van der Waals surface area contributed by atoms with Gasteiger partial charge in [0.25, 0.3) is 0 Å². The van der Waals surface area contributed by atoms with Crippen LogP contribution in [0.3, 0.4) is 0 Å². The number of carbonyl (C=O) groups is 1. The molecule has 0 radical (unpaired) electrons. The minimum Gasteiger partial charge on any atom is -0.397 e. The number of fused-ring (bicyclic) bond motifs is 1. The number of nitrogen functional groups attached to an aromatic ring is 2. The zero-order chi connectivity index (χ0) is 15.9. The fourth-order valence-corrected chi connectivity index (χ4v) is 2.41. The van der Waals surface area contributed by atoms with E-state index < -0.39 is 0 Å². The van der Waals surface area contributed by atoms with E-state index in [0.29, 0.717) is 22.3 Å². The molecule has 0 saturated carbocycles. The predicted molar refractivity (Wildman–Crippen MR) is 83.6 cm³/mol. The third-order valence-electron chi connectivity index (χ3n) is 3.47. The second-order valence-corrected chi connectivity index (χ2v) is 5.38. The Kier molecular flexibility index (Phi) is 3.25. The van der Waals surface area contributed by atoms with Gasteiger partial charge in [0, 0.05) is 23.7 Å². The van der Waals surface area contributed by atoms with E-state index >= 15 is 0 Å². The normalized spacial score (nSPS) is 11.2. The van der Waals surface area contributed by atoms with E-state index in [1.165, 1.54) is 18.7 Å². The van der Waals surface area contributed by atoms with Crippen molar-refractivity contribution >= 4 is 22.8 Å². The van der Waals surface area contributed by atoms with Gasteiger partial charge >= 0.3 is 0 Å². The summed E-state index contributed by atoms with van der Waals surface area (Å²) in [5, 5.41) is 4.21. The molecule has 3 aromatic rings. The molecule has 0 atom stereocenters. The molecule has 7 nitrogen and oxygen atoms in total. The molecule has 0 aliphatic heterocycles. The second kappa shape index (κ2) is 5.10. The van der Waals surface area contributed by atoms with Crippen LogP contribution in [0.5, 0.6) is 0 Å². The number of hydrogen-bond donors (Lipinski definition) is 2. The summed E-state index contributed by atoms with van der Waals surface area (Å²) in [5.41, 5.74) is 14.4. The Morgan fingerprint density at radius 1 is 1.23 bits per heavy atom. The molecule has 3 heterocycles. The van der Waals surface area contributed by atoms with Crippen LogP contribution in [-0.4, -0.2) is 25.4 Å². The Balaban J connectivity index is 2.25. The van der Waals surface area contributed by atoms with Crippen molar-refractivity contribution in [1.29, 1.82) is 0 Å². The molecule has 0 unspecified atom stereocenters. The van der Waals surface area contributed by atoms with Crippen LogP contribution in [0.25, 0.3) is 5.52 Å². The van der Waals surface area contributed by atoms with Crippen LogP contribution in [0.1, 0.15) is 41.4 Å². The van der Waals surface area contributed by atoms with Gasteiger partial charge in [-0.2, -0.15) is 5.10 Å². The summed E-state index contributed by atoms with van der Waals surface area (Å²) < 4.78 is 1.67. The first-order chi connectivity index (χ1) is 10.5. The maximum absolute atomic E-state index is 12.8. The molecule has 0 spiro atoms. The number of ketones is 1. The number of aromatic nitrogens is 4. The van der Waals surface area contributed by atoms with Gasteiger partial charge in [-0.3, -0.25) is 9.78 Å². The van der Waals surface area contributed by atoms with Crippen molar-refractivity contribution < 1.29 is 4.79 Å². The molecule has 0 fully saturated rings. The van der Waals surface area contributed by atoms with Gasteiger partial charge in [-0.15, -0.1) is 0 Å². The maximum Gasteiger partial charge on any atom is 0.197 e. The first-order valence-electron chi connectivity index (χ1n) is 6.86. The molecule has 3 aromatic heterocycles. The minimum absolute atomic E-state index is 0.183. The summed E-state index contributed by atoms with van der Waals surface area (Å²) in [4.78, 5) is 20.7. The van der Waals surface area contributed by atoms with E-state index in [4.69, 9.17) is 11.5 Å². The number of carbonyl (C=O) groups excluding carboxylic acids is 1. The molecule has 0 bridgehead atoms. The van der Waals surface area contributed by atoms with Crippen molar-refractivity contribution in [2.24, 2.45) is 0 Å². The first-order valence-corrected chi connectivity index (χ1v) is 6.86. The van der Waals surface area contributed by atoms with Crippen LogP contribution in [-0.2, 0) is 0 Å². The van der Waals surface area contributed by atoms with Gasteiger partial charge in [-0.05, 0) is 18.1 Å². The average molecular weight is 296 g/mol. The first kappa shape index (κ1) is 14.0. The Morgan fingerprint density at radius 2 is 2.00 bits per heavy atom. The quantitative estimate of drug-likeness (QED) is 0.710. The summed E-state index contributed by atoms with van der Waals surface area (Å²) in [7, 11) is 0. The van der Waals surface area contributed by atoms with E-state index in [2.05, 4.69) is 15.1 Å². The molecule has 112 valence electrons. The summed E-state index contributed by atoms with van der Waals surface area (Å²) in [6.45, 7) is 4.05. The van der Waals surface area contributed by atoms with E-state index in [9.17, 15) is 4.79 Å². The predicted octanol–water partition coefficient (Wildman–Crippen LogP) is 1.64. The third-order valence-corrected chi connectivity index (χ3v) is 3.47. The molecule has 22 heavy (non-hydrogen) atoms. The number of anilines is 2. The van der Waals surface area contributed by atoms with E-state index in [1.54, 1.807) is 16.6 Å². The highest BCUT2D eigenvalue weighted by Crippen LogP contribution is 2.27. The van der Waals surface area contributed by atoms with Gasteiger partial charge in [0.1, 0.15) is 11.8 Å². The van der Waals surface area contributed by atoms with Crippen LogP contribution >= 0.6 is 0 Å². The van der Waals surface area contributed by atoms with Crippen LogP contribution in [0.4, 0.5) is 11.5 Å². The van der Waals surface area contributed by atoms with Gasteiger partial charge in [-0.1, -0.05) is 13.8 Å². The van der Waals surface area contributed by atoms with Crippen molar-refractivity contribution in [3.05, 3.63) is 47.7 Å². The lowest BCUT2D eigenvalue weighted by Crippen LogP contribution is -2.06. The third kappa shape index (κ3) is 2.16. The lowest BCUT2D eigenvalue weighted by atomic mass is 10.0. The number of nitrogens with two attached hydrogens (primary N) is 2. The Hall–Kier alpha value is -2.96. The zero-order valence-electron chi connectivity index (χ0n) is 12.3. The molecule has 0 aliphatic rings. The van der Waals surface area contributed by atoms with E-state index in [0.717, 1.165) is 5.69 Å². The highest BCUT2D eigenvalue weighted by molar-refractivity contribution is 6.14. The lowest BCUT2D eigenvalue weighted by molar-refractivity contribution is 0.104. The monoisotopic (exact) mass is 296 g/mol. The molecule has 3 rings (SSSR count). The second-order valence-electron chi connectivity index (χ2n) is 5.38. The van der Waals surface area contributed by atoms with Crippen LogP contribution < -0.4 is 11.5 Å². The molecular weight excluding hydrogens is 280 g/mol. The summed E-state index contributed by atoms with van der Waals surface area (Å²) >= 11 is 0. The molecular formula is C15H16N6O. The number of nitrogens with zero attached hydrogens (tertiary/aromatic N) is 4. The van der Waals surface area contributed by atoms with Crippen LogP contribution in [0, 0.1) is 0 Å². The molecule has 0 aromatic carbocycles. The van der Waals surface area contributed by atoms with E-state index in [-0.39, 0.29) is 17.5 Å². The summed E-state index contributed by atoms with van der Waals surface area (Å²) in [6.07, 6.45) is 4.35. The zero-order valence-corrected chi connectivity index (χ0v) is 12.3. The van der Waals surface area contributed by atoms with Gasteiger partial charge in [0.2, 0.25) is 0 Å². The largest absolute Gasteiger partial charge is 0.397 e. The standard InChI is InChI=1S/C15H16N6O/c1-8(2)12-4-11(13-15(17)19-7-20-21(12)13)14(22)9-3-10(16)6-18-5-9/h3-8H,16H2,1-2H3,(H2,17,19,20). The smallest absolute Gasteiger partial charge is 0.197 e. The Labute approximate surface area is 127 Å². The van der Waals surface area contributed by atoms with Crippen molar-refractivity contribution in [2.75, 3.05) is 11.5 Å². The van der Waals surface area contributed by atoms with Gasteiger partial charge in [-0.25, -0.2) is 9.50 Å². The highest BCUT2D eigenvalue weighted by atomic mass is 16.1. The van der Waals surface area contributed by atoms with Gasteiger partial charge in [0.15, 0.2) is 11.6 Å². The Morgan fingerprint density at radius 3 is 2.68 bits per heavy atom. The minimum atomic E-state index is -0.203. The van der Waals surface area contributed by atoms with Crippen molar-refractivity contribution in [3.8, 4) is 0 Å². The average Bonchev–Trinajstić information content (AvgIpc) is 2.87.